The summed E-state index contributed by atoms with van der Waals surface area (Å²) in [6.45, 7) is 0.736. The van der Waals surface area contributed by atoms with Gasteiger partial charge in [0, 0.05) is 6.04 Å². The van der Waals surface area contributed by atoms with Crippen LogP contribution >= 0.6 is 0 Å². The molecule has 0 atom stereocenters. The van der Waals surface area contributed by atoms with E-state index in [0.29, 0.717) is 24.9 Å². The van der Waals surface area contributed by atoms with Gasteiger partial charge in [0.15, 0.2) is 17.5 Å². The van der Waals surface area contributed by atoms with Gasteiger partial charge in [-0.1, -0.05) is 0 Å². The maximum atomic E-state index is 13.4. The zero-order chi connectivity index (χ0) is 15.5. The van der Waals surface area contributed by atoms with Crippen molar-refractivity contribution < 1.29 is 21.6 Å². The summed E-state index contributed by atoms with van der Waals surface area (Å²) in [5, 5.41) is 3.25. The first-order valence-electron chi connectivity index (χ1n) is 6.76. The summed E-state index contributed by atoms with van der Waals surface area (Å²) in [5.41, 5.74) is -0.579. The molecule has 8 heteroatoms. The van der Waals surface area contributed by atoms with Gasteiger partial charge in [0.05, 0.1) is 11.4 Å². The van der Waals surface area contributed by atoms with Gasteiger partial charge in [-0.25, -0.2) is 21.6 Å². The zero-order valence-electron chi connectivity index (χ0n) is 11.3. The minimum absolute atomic E-state index is 0.197. The predicted molar refractivity (Wildman–Crippen MR) is 74.0 cm³/mol. The molecule has 0 unspecified atom stereocenters. The predicted octanol–water partition coefficient (Wildman–Crippen LogP) is 2.38. The third-order valence-corrected chi connectivity index (χ3v) is 4.51. The Balaban J connectivity index is 1.83. The van der Waals surface area contributed by atoms with Crippen molar-refractivity contribution in [2.45, 2.75) is 31.7 Å². The first kappa shape index (κ1) is 16.1. The van der Waals surface area contributed by atoms with Gasteiger partial charge in [0.1, 0.15) is 0 Å². The van der Waals surface area contributed by atoms with Crippen molar-refractivity contribution in [3.8, 4) is 0 Å². The fourth-order valence-corrected chi connectivity index (χ4v) is 3.01. The molecule has 1 aromatic carbocycles. The highest BCUT2D eigenvalue weighted by Crippen LogP contribution is 2.21. The number of benzene rings is 1. The van der Waals surface area contributed by atoms with Crippen molar-refractivity contribution in [3.63, 3.8) is 0 Å². The largest absolute Gasteiger partial charge is 0.314 e. The minimum Gasteiger partial charge on any atom is -0.314 e. The minimum atomic E-state index is -3.78. The lowest BCUT2D eigenvalue weighted by Crippen LogP contribution is -2.21. The summed E-state index contributed by atoms with van der Waals surface area (Å²) in [7, 11) is -3.78. The second-order valence-corrected chi connectivity index (χ2v) is 6.92. The van der Waals surface area contributed by atoms with Gasteiger partial charge < -0.3 is 5.32 Å². The molecule has 0 radical (unpaired) electrons. The number of rotatable bonds is 8. The second kappa shape index (κ2) is 6.65. The molecular weight excluding hydrogens is 305 g/mol. The van der Waals surface area contributed by atoms with Crippen molar-refractivity contribution in [1.29, 1.82) is 0 Å². The van der Waals surface area contributed by atoms with Gasteiger partial charge in [0.2, 0.25) is 10.0 Å². The molecule has 1 aliphatic carbocycles. The SMILES string of the molecule is O=S(=O)(CCCCNC1CC1)Nc1ccc(F)c(F)c1F. The molecule has 2 N–H and O–H groups in total. The first-order chi connectivity index (χ1) is 9.89. The van der Waals surface area contributed by atoms with Crippen molar-refractivity contribution in [3.05, 3.63) is 29.6 Å². The fraction of sp³-hybridized carbons (Fsp3) is 0.538. The normalized spacial score (nSPS) is 15.2. The Morgan fingerprint density at radius 1 is 1.10 bits per heavy atom. The molecular formula is C13H17F3N2O2S. The van der Waals surface area contributed by atoms with Crippen molar-refractivity contribution in [2.24, 2.45) is 0 Å². The number of hydrogen-bond acceptors (Lipinski definition) is 3. The van der Waals surface area contributed by atoms with E-state index in [-0.39, 0.29) is 5.75 Å². The molecule has 0 spiro atoms. The Bertz CT molecular complexity index is 604. The molecule has 0 saturated heterocycles. The third-order valence-electron chi connectivity index (χ3n) is 3.15. The first-order valence-corrected chi connectivity index (χ1v) is 8.41. The smallest absolute Gasteiger partial charge is 0.232 e. The van der Waals surface area contributed by atoms with E-state index in [0.717, 1.165) is 25.5 Å². The van der Waals surface area contributed by atoms with Crippen LogP contribution in [0.15, 0.2) is 12.1 Å². The van der Waals surface area contributed by atoms with E-state index in [9.17, 15) is 21.6 Å². The topological polar surface area (TPSA) is 58.2 Å². The van der Waals surface area contributed by atoms with E-state index in [2.05, 4.69) is 5.32 Å². The van der Waals surface area contributed by atoms with Crippen molar-refractivity contribution in [2.75, 3.05) is 17.0 Å². The van der Waals surface area contributed by atoms with Crippen LogP contribution in [0.1, 0.15) is 25.7 Å². The summed E-state index contributed by atoms with van der Waals surface area (Å²) < 4.78 is 64.6. The van der Waals surface area contributed by atoms with Crippen LogP contribution in [-0.2, 0) is 10.0 Å². The number of halogens is 3. The lowest BCUT2D eigenvalue weighted by molar-refractivity contribution is 0.449. The van der Waals surface area contributed by atoms with Crippen LogP contribution in [0.2, 0.25) is 0 Å². The average molecular weight is 322 g/mol. The van der Waals surface area contributed by atoms with Gasteiger partial charge >= 0.3 is 0 Å². The molecule has 21 heavy (non-hydrogen) atoms. The quantitative estimate of drug-likeness (QED) is 0.571. The highest BCUT2D eigenvalue weighted by Gasteiger charge is 2.20. The van der Waals surface area contributed by atoms with E-state index in [4.69, 9.17) is 0 Å². The van der Waals surface area contributed by atoms with Crippen LogP contribution < -0.4 is 10.0 Å². The molecule has 0 aliphatic heterocycles. The Morgan fingerprint density at radius 2 is 1.81 bits per heavy atom. The van der Waals surface area contributed by atoms with Crippen LogP contribution in [0.3, 0.4) is 0 Å². The third kappa shape index (κ3) is 4.89. The lowest BCUT2D eigenvalue weighted by atomic mass is 10.3. The monoisotopic (exact) mass is 322 g/mol. The molecule has 0 heterocycles. The summed E-state index contributed by atoms with van der Waals surface area (Å²) in [5.74, 6) is -4.78. The van der Waals surface area contributed by atoms with Gasteiger partial charge in [-0.3, -0.25) is 4.72 Å². The van der Waals surface area contributed by atoms with E-state index in [1.165, 1.54) is 0 Å². The summed E-state index contributed by atoms with van der Waals surface area (Å²) >= 11 is 0. The Morgan fingerprint density at radius 3 is 2.48 bits per heavy atom. The number of unbranched alkanes of at least 4 members (excludes halogenated alkanes) is 1. The molecule has 2 rings (SSSR count). The van der Waals surface area contributed by atoms with Crippen LogP contribution in [0.25, 0.3) is 0 Å². The molecule has 0 amide bonds. The molecule has 1 aromatic rings. The summed E-state index contributed by atoms with van der Waals surface area (Å²) in [6, 6.07) is 2.10. The van der Waals surface area contributed by atoms with Gasteiger partial charge in [0.25, 0.3) is 0 Å². The molecule has 1 fully saturated rings. The van der Waals surface area contributed by atoms with E-state index < -0.39 is 33.2 Å². The van der Waals surface area contributed by atoms with Gasteiger partial charge in [-0.05, 0) is 44.4 Å². The lowest BCUT2D eigenvalue weighted by Gasteiger charge is -2.09. The molecule has 118 valence electrons. The summed E-state index contributed by atoms with van der Waals surface area (Å²) in [4.78, 5) is 0. The molecule has 0 bridgehead atoms. The van der Waals surface area contributed by atoms with Crippen LogP contribution in [-0.4, -0.2) is 26.8 Å². The maximum absolute atomic E-state index is 13.4. The molecule has 0 aromatic heterocycles. The Labute approximate surface area is 121 Å². The Kier molecular flexibility index (Phi) is 5.10. The number of nitrogens with one attached hydrogen (secondary N) is 2. The number of anilines is 1. The van der Waals surface area contributed by atoms with E-state index >= 15 is 0 Å². The maximum Gasteiger partial charge on any atom is 0.232 e. The molecule has 4 nitrogen and oxygen atoms in total. The van der Waals surface area contributed by atoms with Gasteiger partial charge in [-0.15, -0.1) is 0 Å². The number of hydrogen-bond donors (Lipinski definition) is 2. The van der Waals surface area contributed by atoms with Crippen LogP contribution in [0.5, 0.6) is 0 Å². The second-order valence-electron chi connectivity index (χ2n) is 5.08. The standard InChI is InChI=1S/C13H17F3N2O2S/c14-10-5-6-11(13(16)12(10)15)18-21(19,20)8-2-1-7-17-9-3-4-9/h5-6,9,17-18H,1-4,7-8H2. The van der Waals surface area contributed by atoms with Crippen LogP contribution in [0, 0.1) is 17.5 Å². The van der Waals surface area contributed by atoms with Gasteiger partial charge in [-0.2, -0.15) is 0 Å². The summed E-state index contributed by atoms with van der Waals surface area (Å²) in [6.07, 6.45) is 3.41. The van der Waals surface area contributed by atoms with E-state index in [1.54, 1.807) is 0 Å². The highest BCUT2D eigenvalue weighted by atomic mass is 32.2. The van der Waals surface area contributed by atoms with Crippen LogP contribution in [0.4, 0.5) is 18.9 Å². The van der Waals surface area contributed by atoms with Crippen molar-refractivity contribution >= 4 is 15.7 Å². The molecule has 1 aliphatic rings. The average Bonchev–Trinajstić information content (AvgIpc) is 3.23. The highest BCUT2D eigenvalue weighted by molar-refractivity contribution is 7.92. The fourth-order valence-electron chi connectivity index (χ4n) is 1.83. The zero-order valence-corrected chi connectivity index (χ0v) is 12.1. The number of sulfonamides is 1. The Hall–Kier alpha value is -1.28. The molecule has 1 saturated carbocycles. The van der Waals surface area contributed by atoms with Crippen molar-refractivity contribution in [1.82, 2.24) is 5.32 Å². The van der Waals surface area contributed by atoms with E-state index in [1.807, 2.05) is 4.72 Å².